The molecule has 0 bridgehead atoms. The number of carbonyl (C=O) groups excluding carboxylic acids is 2. The molecule has 0 aliphatic carbocycles. The van der Waals surface area contributed by atoms with Crippen LogP contribution in [0.1, 0.15) is 21.5 Å². The second kappa shape index (κ2) is 11.8. The molecule has 1 aliphatic heterocycles. The number of benzene rings is 3. The summed E-state index contributed by atoms with van der Waals surface area (Å²) in [5, 5.41) is 1.74. The summed E-state index contributed by atoms with van der Waals surface area (Å²) < 4.78 is 12.7. The van der Waals surface area contributed by atoms with Crippen LogP contribution in [0.15, 0.2) is 74.5 Å². The molecule has 3 aromatic rings. The fourth-order valence-electron chi connectivity index (χ4n) is 3.16. The summed E-state index contributed by atoms with van der Waals surface area (Å²) in [5.41, 5.74) is 4.66. The van der Waals surface area contributed by atoms with Gasteiger partial charge in [0.25, 0.3) is 11.8 Å². The Morgan fingerprint density at radius 3 is 2.36 bits per heavy atom. The monoisotopic (exact) mass is 666 g/mol. The highest BCUT2D eigenvalue weighted by molar-refractivity contribution is 9.11. The Morgan fingerprint density at radius 1 is 1.11 bits per heavy atom. The quantitative estimate of drug-likeness (QED) is 0.216. The molecule has 4 rings (SSSR count). The first-order valence-corrected chi connectivity index (χ1v) is 13.5. The Bertz CT molecular complexity index is 1340. The molecule has 1 heterocycles. The van der Waals surface area contributed by atoms with Gasteiger partial charge in [0.2, 0.25) is 0 Å². The van der Waals surface area contributed by atoms with Crippen molar-refractivity contribution >= 4 is 89.7 Å². The van der Waals surface area contributed by atoms with Crippen LogP contribution >= 0.6 is 67.4 Å². The van der Waals surface area contributed by atoms with Gasteiger partial charge in [0.15, 0.2) is 4.32 Å². The molecule has 36 heavy (non-hydrogen) atoms. The second-order valence-electron chi connectivity index (χ2n) is 7.42. The van der Waals surface area contributed by atoms with E-state index < -0.39 is 11.8 Å². The SMILES string of the molecule is COc1ccc(C(=O)NN2C(=O)/C(=C\c3cc(Br)c(OCc4ccc(Cl)cc4)c(Br)c3)SC2=S)cc1. The first-order valence-electron chi connectivity index (χ1n) is 10.3. The van der Waals surface area contributed by atoms with Crippen molar-refractivity contribution in [2.45, 2.75) is 6.61 Å². The molecule has 6 nitrogen and oxygen atoms in total. The van der Waals surface area contributed by atoms with Crippen molar-refractivity contribution in [3.8, 4) is 11.5 Å². The molecule has 184 valence electrons. The Morgan fingerprint density at radius 2 is 1.75 bits per heavy atom. The third kappa shape index (κ3) is 6.30. The summed E-state index contributed by atoms with van der Waals surface area (Å²) in [6.07, 6.45) is 1.71. The van der Waals surface area contributed by atoms with Gasteiger partial charge in [-0.05, 0) is 110 Å². The maximum Gasteiger partial charge on any atom is 0.285 e. The van der Waals surface area contributed by atoms with Crippen LogP contribution < -0.4 is 14.9 Å². The number of nitrogens with one attached hydrogen (secondary N) is 1. The number of thioether (sulfide) groups is 1. The summed E-state index contributed by atoms with van der Waals surface area (Å²) in [7, 11) is 1.54. The summed E-state index contributed by atoms with van der Waals surface area (Å²) in [4.78, 5) is 25.9. The van der Waals surface area contributed by atoms with Crippen molar-refractivity contribution in [3.05, 3.63) is 96.2 Å². The predicted molar refractivity (Wildman–Crippen MR) is 153 cm³/mol. The molecule has 0 atom stereocenters. The van der Waals surface area contributed by atoms with Crippen LogP contribution in [0.5, 0.6) is 11.5 Å². The molecular weight excluding hydrogens is 652 g/mol. The molecular formula is C25H17Br2ClN2O4S2. The fourth-order valence-corrected chi connectivity index (χ4v) is 5.92. The van der Waals surface area contributed by atoms with E-state index in [0.29, 0.717) is 42.5 Å². The van der Waals surface area contributed by atoms with E-state index in [1.807, 2.05) is 36.4 Å². The van der Waals surface area contributed by atoms with Crippen molar-refractivity contribution in [1.29, 1.82) is 0 Å². The Labute approximate surface area is 239 Å². The van der Waals surface area contributed by atoms with Crippen LogP contribution in [0.2, 0.25) is 5.02 Å². The van der Waals surface area contributed by atoms with Gasteiger partial charge in [-0.15, -0.1) is 0 Å². The smallest absolute Gasteiger partial charge is 0.285 e. The first-order chi connectivity index (χ1) is 17.2. The lowest BCUT2D eigenvalue weighted by Crippen LogP contribution is -2.44. The van der Waals surface area contributed by atoms with Gasteiger partial charge in [0.1, 0.15) is 18.1 Å². The minimum Gasteiger partial charge on any atom is -0.497 e. The van der Waals surface area contributed by atoms with E-state index in [1.54, 1.807) is 37.5 Å². The maximum atomic E-state index is 13.0. The zero-order valence-electron chi connectivity index (χ0n) is 18.6. The molecule has 1 aliphatic rings. The Kier molecular flexibility index (Phi) is 8.74. The zero-order valence-corrected chi connectivity index (χ0v) is 24.1. The highest BCUT2D eigenvalue weighted by Crippen LogP contribution is 2.38. The van der Waals surface area contributed by atoms with Gasteiger partial charge < -0.3 is 9.47 Å². The number of methoxy groups -OCH3 is 1. The molecule has 0 unspecified atom stereocenters. The number of thiocarbonyl (C=S) groups is 1. The number of hydrogen-bond acceptors (Lipinski definition) is 6. The number of hydrogen-bond donors (Lipinski definition) is 1. The molecule has 0 spiro atoms. The first kappa shape index (κ1) is 26.7. The molecule has 11 heteroatoms. The lowest BCUT2D eigenvalue weighted by atomic mass is 10.2. The number of carbonyl (C=O) groups is 2. The number of halogens is 3. The zero-order chi connectivity index (χ0) is 25.8. The number of amides is 2. The van der Waals surface area contributed by atoms with Gasteiger partial charge in [-0.25, -0.2) is 0 Å². The van der Waals surface area contributed by atoms with E-state index in [2.05, 4.69) is 37.3 Å². The summed E-state index contributed by atoms with van der Waals surface area (Å²) in [6.45, 7) is 0.361. The van der Waals surface area contributed by atoms with Crippen LogP contribution in [-0.2, 0) is 11.4 Å². The normalized spacial score (nSPS) is 14.3. The summed E-state index contributed by atoms with van der Waals surface area (Å²) >= 11 is 19.4. The molecule has 1 N–H and O–H groups in total. The third-order valence-corrected chi connectivity index (χ3v) is 7.71. The minimum atomic E-state index is -0.456. The summed E-state index contributed by atoms with van der Waals surface area (Å²) in [6, 6.07) is 17.6. The number of hydrazine groups is 1. The van der Waals surface area contributed by atoms with Gasteiger partial charge in [-0.1, -0.05) is 35.5 Å². The second-order valence-corrected chi connectivity index (χ2v) is 11.2. The Balaban J connectivity index is 1.46. The summed E-state index contributed by atoms with van der Waals surface area (Å²) in [5.74, 6) is 0.380. The molecule has 0 saturated carbocycles. The highest BCUT2D eigenvalue weighted by atomic mass is 79.9. The van der Waals surface area contributed by atoms with E-state index in [9.17, 15) is 9.59 Å². The van der Waals surface area contributed by atoms with Crippen molar-refractivity contribution in [2.24, 2.45) is 0 Å². The van der Waals surface area contributed by atoms with Gasteiger partial charge in [-0.2, -0.15) is 5.01 Å². The average molecular weight is 669 g/mol. The lowest BCUT2D eigenvalue weighted by molar-refractivity contribution is -0.123. The largest absolute Gasteiger partial charge is 0.497 e. The maximum absolute atomic E-state index is 13.0. The molecule has 2 amide bonds. The van der Waals surface area contributed by atoms with Crippen LogP contribution in [0.25, 0.3) is 6.08 Å². The Hall–Kier alpha value is -2.37. The number of nitrogens with zero attached hydrogens (tertiary/aromatic N) is 1. The van der Waals surface area contributed by atoms with Gasteiger partial charge in [0, 0.05) is 10.6 Å². The van der Waals surface area contributed by atoms with Crippen LogP contribution in [0, 0.1) is 0 Å². The van der Waals surface area contributed by atoms with Crippen LogP contribution in [0.4, 0.5) is 0 Å². The van der Waals surface area contributed by atoms with Crippen molar-refractivity contribution in [3.63, 3.8) is 0 Å². The standard InChI is InChI=1S/C25H17Br2ClN2O4S2/c1-33-18-8-4-16(5-9-18)23(31)29-30-24(32)21(36-25(30)35)12-15-10-19(26)22(20(27)11-15)34-13-14-2-6-17(28)7-3-14/h2-12H,13H2,1H3,(H,29,31)/b21-12+. The van der Waals surface area contributed by atoms with Crippen molar-refractivity contribution < 1.29 is 19.1 Å². The minimum absolute atomic E-state index is 0.231. The van der Waals surface area contributed by atoms with Crippen molar-refractivity contribution in [1.82, 2.24) is 10.4 Å². The van der Waals surface area contributed by atoms with E-state index >= 15 is 0 Å². The van der Waals surface area contributed by atoms with Crippen LogP contribution in [-0.4, -0.2) is 28.3 Å². The van der Waals surface area contributed by atoms with Crippen LogP contribution in [0.3, 0.4) is 0 Å². The van der Waals surface area contributed by atoms with E-state index in [4.69, 9.17) is 33.3 Å². The van der Waals surface area contributed by atoms with E-state index in [-0.39, 0.29) is 4.32 Å². The number of rotatable bonds is 7. The molecule has 1 saturated heterocycles. The molecule has 1 fully saturated rings. The molecule has 0 aromatic heterocycles. The molecule has 3 aromatic carbocycles. The van der Waals surface area contributed by atoms with E-state index in [1.165, 1.54) is 0 Å². The highest BCUT2D eigenvalue weighted by Gasteiger charge is 2.34. The fraction of sp³-hybridized carbons (Fsp3) is 0.0800. The average Bonchev–Trinajstić information content (AvgIpc) is 3.11. The molecule has 0 radical (unpaired) electrons. The van der Waals surface area contributed by atoms with E-state index in [0.717, 1.165) is 27.9 Å². The lowest BCUT2D eigenvalue weighted by Gasteiger charge is -2.15. The third-order valence-electron chi connectivity index (χ3n) is 4.97. The van der Waals surface area contributed by atoms with Gasteiger partial charge in [0.05, 0.1) is 21.0 Å². The van der Waals surface area contributed by atoms with Gasteiger partial charge in [-0.3, -0.25) is 15.0 Å². The topological polar surface area (TPSA) is 67.9 Å². The van der Waals surface area contributed by atoms with Crippen molar-refractivity contribution in [2.75, 3.05) is 7.11 Å². The number of ether oxygens (including phenoxy) is 2. The predicted octanol–water partition coefficient (Wildman–Crippen LogP) is 7.00. The van der Waals surface area contributed by atoms with Gasteiger partial charge >= 0.3 is 0 Å².